The minimum Gasteiger partial charge on any atom is -0.494 e. The van der Waals surface area contributed by atoms with Crippen LogP contribution in [0.2, 0.25) is 0 Å². The predicted octanol–water partition coefficient (Wildman–Crippen LogP) is 9.18. The number of allylic oxidation sites excluding steroid dienone is 5. The molecule has 0 radical (unpaired) electrons. The average molecular weight is 651 g/mol. The Bertz CT molecular complexity index is 1280. The van der Waals surface area contributed by atoms with Crippen LogP contribution in [-0.2, 0) is 19.1 Å². The molecular formula is C36H46F4O6. The third kappa shape index (κ3) is 8.04. The molecule has 0 aliphatic heterocycles. The second-order valence-corrected chi connectivity index (χ2v) is 11.7. The van der Waals surface area contributed by atoms with E-state index in [9.17, 15) is 14.7 Å². The van der Waals surface area contributed by atoms with E-state index in [0.29, 0.717) is 36.8 Å². The zero-order valence-corrected chi connectivity index (χ0v) is 26.9. The molecule has 6 nitrogen and oxygen atoms in total. The van der Waals surface area contributed by atoms with Crippen molar-refractivity contribution in [3.8, 4) is 5.75 Å². The summed E-state index contributed by atoms with van der Waals surface area (Å²) in [4.78, 5) is 26.2. The van der Waals surface area contributed by atoms with Crippen LogP contribution in [0.1, 0.15) is 84.1 Å². The molecule has 0 fully saturated rings. The number of carboxylic acids is 1. The molecular weight excluding hydrogens is 604 g/mol. The molecule has 254 valence electrons. The molecule has 2 aliphatic rings. The fourth-order valence-electron chi connectivity index (χ4n) is 6.07. The van der Waals surface area contributed by atoms with Crippen LogP contribution < -0.4 is 4.74 Å². The number of esters is 1. The van der Waals surface area contributed by atoms with Crippen molar-refractivity contribution in [2.75, 3.05) is 19.8 Å². The number of carbonyl (C=O) groups is 2. The van der Waals surface area contributed by atoms with Gasteiger partial charge in [-0.15, -0.1) is 0 Å². The summed E-state index contributed by atoms with van der Waals surface area (Å²) in [5, 5.41) is 10.4. The van der Waals surface area contributed by atoms with Crippen molar-refractivity contribution in [1.82, 2.24) is 0 Å². The van der Waals surface area contributed by atoms with E-state index in [1.54, 1.807) is 31.2 Å². The SMILES string of the molecule is CCCCCCCCCOc1ccc(C2=CC(F)C(C(=O)O)(C3(C(F)(F)F)C=CC(OCC)=CC3C(=O)OCCCC)C=C2)cc1. The Morgan fingerprint density at radius 1 is 0.826 bits per heavy atom. The Hall–Kier alpha value is -3.56. The number of rotatable bonds is 18. The highest BCUT2D eigenvalue weighted by Crippen LogP contribution is 2.63. The Kier molecular flexibility index (Phi) is 13.5. The van der Waals surface area contributed by atoms with Crippen molar-refractivity contribution < 1.29 is 46.5 Å². The van der Waals surface area contributed by atoms with Crippen molar-refractivity contribution in [3.05, 3.63) is 72.0 Å². The monoisotopic (exact) mass is 650 g/mol. The second-order valence-electron chi connectivity index (χ2n) is 11.7. The molecule has 1 N–H and O–H groups in total. The largest absolute Gasteiger partial charge is 0.494 e. The molecule has 0 spiro atoms. The van der Waals surface area contributed by atoms with Crippen LogP contribution >= 0.6 is 0 Å². The molecule has 3 rings (SSSR count). The number of hydrogen-bond donors (Lipinski definition) is 1. The molecule has 0 heterocycles. The van der Waals surface area contributed by atoms with E-state index < -0.39 is 41.0 Å². The van der Waals surface area contributed by atoms with Crippen molar-refractivity contribution in [2.24, 2.45) is 16.7 Å². The number of carboxylic acid groups (broad SMARTS) is 1. The minimum absolute atomic E-state index is 0.0685. The van der Waals surface area contributed by atoms with Gasteiger partial charge in [-0.1, -0.05) is 89.2 Å². The first kappa shape index (κ1) is 36.9. The van der Waals surface area contributed by atoms with Gasteiger partial charge in [0.25, 0.3) is 0 Å². The van der Waals surface area contributed by atoms with Crippen molar-refractivity contribution in [3.63, 3.8) is 0 Å². The number of alkyl halides is 4. The van der Waals surface area contributed by atoms with Gasteiger partial charge in [-0.05, 0) is 61.3 Å². The quantitative estimate of drug-likeness (QED) is 0.0970. The Morgan fingerprint density at radius 3 is 2.07 bits per heavy atom. The first-order valence-corrected chi connectivity index (χ1v) is 16.3. The summed E-state index contributed by atoms with van der Waals surface area (Å²) in [5.74, 6) is -5.08. The van der Waals surface area contributed by atoms with Crippen LogP contribution in [0.15, 0.2) is 66.5 Å². The lowest BCUT2D eigenvalue weighted by molar-refractivity contribution is -0.261. The van der Waals surface area contributed by atoms with Crippen LogP contribution in [0.5, 0.6) is 5.75 Å². The fraction of sp³-hybridized carbons (Fsp3) is 0.556. The molecule has 4 atom stereocenters. The molecule has 2 aliphatic carbocycles. The van der Waals surface area contributed by atoms with E-state index in [-0.39, 0.29) is 24.5 Å². The van der Waals surface area contributed by atoms with E-state index in [0.717, 1.165) is 43.6 Å². The summed E-state index contributed by atoms with van der Waals surface area (Å²) < 4.78 is 78.7. The maximum atomic E-state index is 16.4. The molecule has 0 amide bonds. The number of aliphatic carboxylic acids is 1. The van der Waals surface area contributed by atoms with Gasteiger partial charge in [0.2, 0.25) is 0 Å². The summed E-state index contributed by atoms with van der Waals surface area (Å²) in [6, 6.07) is 6.64. The first-order valence-electron chi connectivity index (χ1n) is 16.3. The number of hydrogen-bond acceptors (Lipinski definition) is 5. The van der Waals surface area contributed by atoms with Gasteiger partial charge in [-0.3, -0.25) is 9.59 Å². The lowest BCUT2D eigenvalue weighted by Crippen LogP contribution is -2.63. The van der Waals surface area contributed by atoms with Crippen molar-refractivity contribution >= 4 is 17.5 Å². The lowest BCUT2D eigenvalue weighted by Gasteiger charge is -2.50. The number of carbonyl (C=O) groups excluding carboxylic acids is 1. The molecule has 4 unspecified atom stereocenters. The second kappa shape index (κ2) is 16.8. The Balaban J connectivity index is 1.89. The number of ether oxygens (including phenoxy) is 3. The summed E-state index contributed by atoms with van der Waals surface area (Å²) in [6.07, 6.45) is 6.10. The van der Waals surface area contributed by atoms with Crippen LogP contribution in [0.4, 0.5) is 17.6 Å². The third-order valence-electron chi connectivity index (χ3n) is 8.64. The maximum Gasteiger partial charge on any atom is 0.400 e. The molecule has 0 saturated heterocycles. The average Bonchev–Trinajstić information content (AvgIpc) is 3.02. The normalized spacial score (nSPS) is 24.2. The standard InChI is InChI=1S/C36H46F4O6/c1-4-7-9-10-11-12-13-23-45-28-16-14-26(15-17-28)27-18-20-34(33(42)43,31(37)24-27)35(36(38,39)40)21-19-29(44-6-3)25-30(35)32(41)46-22-8-5-2/h14-21,24-25,30-31H,4-13,22-23H2,1-3H3,(H,42,43). The zero-order valence-electron chi connectivity index (χ0n) is 26.9. The van der Waals surface area contributed by atoms with Gasteiger partial charge in [-0.25, -0.2) is 4.39 Å². The number of unbranched alkanes of at least 4 members (excludes halogenated alkanes) is 7. The minimum atomic E-state index is -5.39. The van der Waals surface area contributed by atoms with E-state index in [4.69, 9.17) is 14.2 Å². The molecule has 0 bridgehead atoms. The molecule has 0 aromatic heterocycles. The van der Waals surface area contributed by atoms with E-state index in [1.165, 1.54) is 31.8 Å². The molecule has 1 aromatic rings. The molecule has 0 saturated carbocycles. The van der Waals surface area contributed by atoms with E-state index >= 15 is 17.6 Å². The van der Waals surface area contributed by atoms with Gasteiger partial charge in [-0.2, -0.15) is 13.2 Å². The third-order valence-corrected chi connectivity index (χ3v) is 8.64. The van der Waals surface area contributed by atoms with Crippen LogP contribution in [0, 0.1) is 16.7 Å². The van der Waals surface area contributed by atoms with Gasteiger partial charge in [0.15, 0.2) is 0 Å². The number of benzene rings is 1. The lowest BCUT2D eigenvalue weighted by atomic mass is 9.52. The highest BCUT2D eigenvalue weighted by molar-refractivity contribution is 5.88. The molecule has 46 heavy (non-hydrogen) atoms. The first-order chi connectivity index (χ1) is 22.0. The number of halogens is 4. The van der Waals surface area contributed by atoms with Crippen molar-refractivity contribution in [1.29, 1.82) is 0 Å². The van der Waals surface area contributed by atoms with E-state index in [1.807, 2.05) is 6.92 Å². The van der Waals surface area contributed by atoms with Gasteiger partial charge in [0.1, 0.15) is 28.5 Å². The molecule has 10 heteroatoms. The zero-order chi connectivity index (χ0) is 33.8. The smallest absolute Gasteiger partial charge is 0.400 e. The van der Waals surface area contributed by atoms with Crippen molar-refractivity contribution in [2.45, 2.75) is 90.9 Å². The summed E-state index contributed by atoms with van der Waals surface area (Å²) in [6.45, 7) is 6.05. The predicted molar refractivity (Wildman–Crippen MR) is 169 cm³/mol. The van der Waals surface area contributed by atoms with Crippen LogP contribution in [0.25, 0.3) is 5.57 Å². The maximum absolute atomic E-state index is 16.4. The van der Waals surface area contributed by atoms with Gasteiger partial charge >= 0.3 is 18.1 Å². The van der Waals surface area contributed by atoms with Gasteiger partial charge in [0, 0.05) is 0 Å². The van der Waals surface area contributed by atoms with Gasteiger partial charge < -0.3 is 19.3 Å². The summed E-state index contributed by atoms with van der Waals surface area (Å²) in [7, 11) is 0. The summed E-state index contributed by atoms with van der Waals surface area (Å²) in [5.41, 5.74) is -6.09. The van der Waals surface area contributed by atoms with Crippen LogP contribution in [-0.4, -0.2) is 49.2 Å². The molecule has 1 aromatic carbocycles. The Morgan fingerprint density at radius 2 is 1.48 bits per heavy atom. The summed E-state index contributed by atoms with van der Waals surface area (Å²) >= 11 is 0. The Labute approximate surface area is 269 Å². The topological polar surface area (TPSA) is 82.1 Å². The van der Waals surface area contributed by atoms with Gasteiger partial charge in [0.05, 0.1) is 25.7 Å². The fourth-order valence-corrected chi connectivity index (χ4v) is 6.07. The van der Waals surface area contributed by atoms with E-state index in [2.05, 4.69) is 6.92 Å². The van der Waals surface area contributed by atoms with Crippen LogP contribution in [0.3, 0.4) is 0 Å². The highest BCUT2D eigenvalue weighted by atomic mass is 19.4. The highest BCUT2D eigenvalue weighted by Gasteiger charge is 2.75.